The molecule has 17 heteroatoms. The molecule has 8 rings (SSSR count). The molecule has 5 aliphatic heterocycles. The molecule has 4 fully saturated rings. The second-order valence-corrected chi connectivity index (χ2v) is 16.8. The van der Waals surface area contributed by atoms with Gasteiger partial charge in [-0.1, -0.05) is 13.0 Å². The van der Waals surface area contributed by atoms with Crippen LogP contribution in [-0.2, 0) is 20.6 Å². The molecule has 14 nitrogen and oxygen atoms in total. The summed E-state index contributed by atoms with van der Waals surface area (Å²) in [7, 11) is 0. The number of hydrogen-bond acceptors (Lipinski definition) is 10. The quantitative estimate of drug-likeness (QED) is 0.198. The predicted molar refractivity (Wildman–Crippen MR) is 214 cm³/mol. The summed E-state index contributed by atoms with van der Waals surface area (Å²) in [5, 5.41) is 5.08. The van der Waals surface area contributed by atoms with Crippen LogP contribution in [-0.4, -0.2) is 103 Å². The van der Waals surface area contributed by atoms with Crippen molar-refractivity contribution in [3.8, 4) is 5.75 Å². The van der Waals surface area contributed by atoms with E-state index in [2.05, 4.69) is 37.2 Å². The third kappa shape index (κ3) is 8.38. The first kappa shape index (κ1) is 40.7. The molecule has 60 heavy (non-hydrogen) atoms. The maximum atomic E-state index is 13.5. The highest BCUT2D eigenvalue weighted by Crippen LogP contribution is 2.40. The lowest BCUT2D eigenvalue weighted by Gasteiger charge is -2.52. The van der Waals surface area contributed by atoms with Crippen LogP contribution in [0.3, 0.4) is 0 Å². The van der Waals surface area contributed by atoms with Crippen LogP contribution in [0.2, 0.25) is 0 Å². The Balaban J connectivity index is 0.743. The molecule has 0 saturated carbocycles. The van der Waals surface area contributed by atoms with Crippen molar-refractivity contribution in [2.75, 3.05) is 67.5 Å². The van der Waals surface area contributed by atoms with E-state index in [4.69, 9.17) is 11.3 Å². The second kappa shape index (κ2) is 16.2. The van der Waals surface area contributed by atoms with E-state index in [0.29, 0.717) is 55.7 Å². The monoisotopic (exact) mass is 826 g/mol. The van der Waals surface area contributed by atoms with Crippen LogP contribution in [0.5, 0.6) is 5.75 Å². The van der Waals surface area contributed by atoms with Crippen LogP contribution in [0, 0.1) is 23.8 Å². The van der Waals surface area contributed by atoms with Gasteiger partial charge in [0.05, 0.1) is 36.1 Å². The highest BCUT2D eigenvalue weighted by atomic mass is 19.4. The zero-order chi connectivity index (χ0) is 42.3. The fraction of sp³-hybridized carbons (Fsp3) is 0.465. The van der Waals surface area contributed by atoms with Crippen LogP contribution in [0.15, 0.2) is 54.7 Å². The first-order chi connectivity index (χ1) is 28.7. The summed E-state index contributed by atoms with van der Waals surface area (Å²) < 4.78 is 46.5. The zero-order valence-electron chi connectivity index (χ0n) is 33.1. The maximum Gasteiger partial charge on any atom is 0.407 e. The lowest BCUT2D eigenvalue weighted by Crippen LogP contribution is -2.60. The summed E-state index contributed by atoms with van der Waals surface area (Å²) in [5.41, 5.74) is 0.453. The Kier molecular flexibility index (Phi) is 11.0. The number of carbonyl (C=O) groups is 5. The number of anilines is 3. The van der Waals surface area contributed by atoms with E-state index in [1.54, 1.807) is 35.4 Å². The van der Waals surface area contributed by atoms with Gasteiger partial charge < -0.3 is 24.8 Å². The number of amides is 5. The summed E-state index contributed by atoms with van der Waals surface area (Å²) in [5.74, 6) is -1.17. The van der Waals surface area contributed by atoms with E-state index in [9.17, 15) is 37.1 Å². The number of likely N-dealkylation sites (tertiary alicyclic amines) is 1. The van der Waals surface area contributed by atoms with Crippen molar-refractivity contribution in [1.29, 1.82) is 0 Å². The third-order valence-corrected chi connectivity index (χ3v) is 12.4. The first-order valence-electron chi connectivity index (χ1n) is 20.2. The van der Waals surface area contributed by atoms with Crippen molar-refractivity contribution in [3.05, 3.63) is 82.8 Å². The van der Waals surface area contributed by atoms with Gasteiger partial charge in [0.25, 0.3) is 11.8 Å². The maximum absolute atomic E-state index is 13.5. The first-order valence-corrected chi connectivity index (χ1v) is 20.2. The number of ether oxygens (including phenoxy) is 1. The number of rotatable bonds is 10. The molecule has 0 aliphatic carbocycles. The fourth-order valence-electron chi connectivity index (χ4n) is 9.09. The molecule has 314 valence electrons. The van der Waals surface area contributed by atoms with Gasteiger partial charge in [-0.15, -0.1) is 0 Å². The number of piperidine rings is 3. The van der Waals surface area contributed by atoms with Crippen LogP contribution in [0.4, 0.5) is 36.1 Å². The summed E-state index contributed by atoms with van der Waals surface area (Å²) in [4.78, 5) is 78.3. The number of nitrogens with zero attached hydrogens (tertiary/aromatic N) is 6. The smallest absolute Gasteiger partial charge is 0.407 e. The highest BCUT2D eigenvalue weighted by molar-refractivity contribution is 6.23. The van der Waals surface area contributed by atoms with Crippen molar-refractivity contribution in [2.45, 2.75) is 57.7 Å². The van der Waals surface area contributed by atoms with Crippen LogP contribution >= 0.6 is 0 Å². The third-order valence-electron chi connectivity index (χ3n) is 12.4. The highest BCUT2D eigenvalue weighted by Gasteiger charge is 2.46. The van der Waals surface area contributed by atoms with Crippen LogP contribution in [0.1, 0.15) is 71.7 Å². The molecule has 0 radical (unpaired) electrons. The van der Waals surface area contributed by atoms with Crippen molar-refractivity contribution in [1.82, 2.24) is 20.1 Å². The molecule has 2 N–H and O–H groups in total. The number of pyridine rings is 1. The zero-order valence-corrected chi connectivity index (χ0v) is 33.1. The predicted octanol–water partition coefficient (Wildman–Crippen LogP) is 5.52. The Bertz CT molecular complexity index is 2240. The molecule has 5 amide bonds. The molecule has 5 aliphatic rings. The number of carbonyl (C=O) groups excluding carboxylic acids is 5. The number of nitrogens with one attached hydrogen (secondary N) is 2. The van der Waals surface area contributed by atoms with E-state index in [0.717, 1.165) is 62.2 Å². The van der Waals surface area contributed by atoms with E-state index < -0.39 is 47.1 Å². The Morgan fingerprint density at radius 2 is 1.62 bits per heavy atom. The number of aromatic nitrogens is 1. The van der Waals surface area contributed by atoms with E-state index >= 15 is 0 Å². The van der Waals surface area contributed by atoms with Gasteiger partial charge >= 0.3 is 6.18 Å². The number of fused-ring (bicyclic) bond motifs is 1. The van der Waals surface area contributed by atoms with E-state index in [1.165, 1.54) is 12.1 Å². The van der Waals surface area contributed by atoms with Crippen molar-refractivity contribution in [3.63, 3.8) is 0 Å². The number of halogens is 3. The second-order valence-electron chi connectivity index (χ2n) is 16.8. The minimum Gasteiger partial charge on any atom is -0.492 e. The Morgan fingerprint density at radius 3 is 2.28 bits per heavy atom. The van der Waals surface area contributed by atoms with Crippen LogP contribution < -0.4 is 25.2 Å². The van der Waals surface area contributed by atoms with Gasteiger partial charge in [0.2, 0.25) is 17.7 Å². The van der Waals surface area contributed by atoms with Gasteiger partial charge in [0, 0.05) is 61.9 Å². The van der Waals surface area contributed by atoms with Crippen molar-refractivity contribution < 1.29 is 41.9 Å². The molecule has 1 unspecified atom stereocenters. The normalized spacial score (nSPS) is 21.3. The molecule has 3 aromatic rings. The molecule has 6 heterocycles. The Hall–Kier alpha value is -6.02. The molecular formula is C43H45F3N8O6. The number of alkyl halides is 3. The number of benzene rings is 2. The molecule has 0 bridgehead atoms. The molecule has 2 aromatic carbocycles. The lowest BCUT2D eigenvalue weighted by atomic mass is 9.80. The Labute approximate surface area is 344 Å². The molecule has 0 spiro atoms. The summed E-state index contributed by atoms with van der Waals surface area (Å²) in [6.45, 7) is 15.1. The number of imide groups is 2. The van der Waals surface area contributed by atoms with Crippen LogP contribution in [0.25, 0.3) is 4.85 Å². The minimum atomic E-state index is -4.62. The van der Waals surface area contributed by atoms with Gasteiger partial charge in [-0.3, -0.25) is 34.2 Å². The standard InChI is InChI=1S/C43H45F3N8O6/c1-42(24-53(25-42)28-3-6-31-32(19-28)41(59)54(40(31)58)35-8-10-37(55)50-39(35)57)23-51-15-11-26(12-16-51)22-60-30-5-9-36(48-21-30)49-38(56)27-13-17-52(18-14-27)29-4-7-34(47-2)33(20-29)43(44,45)46/h3-7,9,19-21,26-27,35H,8,10-18,22-25H2,1H3,(H,48,49,56)(H,50,55,57). The lowest BCUT2D eigenvalue weighted by molar-refractivity contribution is -0.137. The van der Waals surface area contributed by atoms with Gasteiger partial charge in [0.1, 0.15) is 17.6 Å². The van der Waals surface area contributed by atoms with Gasteiger partial charge in [-0.05, 0) is 93.6 Å². The molecule has 1 aromatic heterocycles. The molecular weight excluding hydrogens is 782 g/mol. The van der Waals surface area contributed by atoms with Gasteiger partial charge in [-0.25, -0.2) is 9.83 Å². The summed E-state index contributed by atoms with van der Waals surface area (Å²) in [6.07, 6.45) is 0.0614. The molecule has 4 saturated heterocycles. The largest absolute Gasteiger partial charge is 0.492 e. The average Bonchev–Trinajstić information content (AvgIpc) is 3.47. The van der Waals surface area contributed by atoms with Crippen molar-refractivity contribution in [2.24, 2.45) is 17.3 Å². The SMILES string of the molecule is [C-]#[N+]c1ccc(N2CCC(C(=O)Nc3ccc(OCC4CCN(CC5(C)CN(c6ccc7c(c6)C(=O)N(C6CCC(=O)NC6=O)C7=O)C5)CC4)cn3)CC2)cc1C(F)(F)F. The topological polar surface area (TPSA) is 149 Å². The Morgan fingerprint density at radius 1 is 0.917 bits per heavy atom. The van der Waals surface area contributed by atoms with Crippen molar-refractivity contribution >= 4 is 52.4 Å². The van der Waals surface area contributed by atoms with E-state index in [-0.39, 0.29) is 41.2 Å². The van der Waals surface area contributed by atoms with Gasteiger partial charge in [0.15, 0.2) is 5.69 Å². The summed E-state index contributed by atoms with van der Waals surface area (Å²) >= 11 is 0. The van der Waals surface area contributed by atoms with E-state index in [1.807, 2.05) is 6.07 Å². The average molecular weight is 827 g/mol. The minimum absolute atomic E-state index is 0.0538. The fourth-order valence-corrected chi connectivity index (χ4v) is 9.09. The number of hydrogen-bond donors (Lipinski definition) is 2. The summed E-state index contributed by atoms with van der Waals surface area (Å²) in [6, 6.07) is 11.4. The molecule has 1 atom stereocenters. The van der Waals surface area contributed by atoms with Gasteiger partial charge in [-0.2, -0.15) is 13.2 Å².